The molecular formula is C12H19N3O4. The Balaban J connectivity index is 1.95. The number of nitrogens with zero attached hydrogens (tertiary/aromatic N) is 2. The zero-order valence-electron chi connectivity index (χ0n) is 11.1. The van der Waals surface area contributed by atoms with Crippen molar-refractivity contribution in [2.75, 3.05) is 25.0 Å². The highest BCUT2D eigenvalue weighted by Gasteiger charge is 2.41. The van der Waals surface area contributed by atoms with Crippen LogP contribution in [-0.2, 0) is 4.79 Å². The second-order valence-electron chi connectivity index (χ2n) is 5.26. The molecule has 2 unspecified atom stereocenters. The van der Waals surface area contributed by atoms with Crippen molar-refractivity contribution >= 4 is 11.7 Å². The van der Waals surface area contributed by atoms with Gasteiger partial charge in [0.1, 0.15) is 5.76 Å². The second kappa shape index (κ2) is 5.28. The van der Waals surface area contributed by atoms with Crippen LogP contribution in [0.3, 0.4) is 0 Å². The number of hydrogen-bond acceptors (Lipinski definition) is 6. The summed E-state index contributed by atoms with van der Waals surface area (Å²) in [5.41, 5.74) is -0.559. The fourth-order valence-corrected chi connectivity index (χ4v) is 2.38. The average molecular weight is 269 g/mol. The number of aliphatic hydroxyl groups is 2. The van der Waals surface area contributed by atoms with Gasteiger partial charge in [0, 0.05) is 18.2 Å². The summed E-state index contributed by atoms with van der Waals surface area (Å²) in [4.78, 5) is 13.7. The smallest absolute Gasteiger partial charge is 0.239 e. The first-order valence-corrected chi connectivity index (χ1v) is 6.20. The first kappa shape index (κ1) is 14.0. The van der Waals surface area contributed by atoms with E-state index in [4.69, 9.17) is 4.52 Å². The minimum atomic E-state index is -0.559. The fourth-order valence-electron chi connectivity index (χ4n) is 2.38. The normalized spacial score (nSPS) is 27.7. The molecule has 1 fully saturated rings. The Morgan fingerprint density at radius 1 is 1.74 bits per heavy atom. The first-order chi connectivity index (χ1) is 8.93. The molecule has 1 aliphatic rings. The van der Waals surface area contributed by atoms with Gasteiger partial charge in [0.25, 0.3) is 0 Å². The van der Waals surface area contributed by atoms with E-state index in [-0.39, 0.29) is 19.1 Å². The maximum atomic E-state index is 11.9. The predicted octanol–water partition coefficient (Wildman–Crippen LogP) is -0.261. The van der Waals surface area contributed by atoms with E-state index in [9.17, 15) is 15.0 Å². The molecule has 1 aromatic rings. The van der Waals surface area contributed by atoms with E-state index in [1.807, 2.05) is 6.92 Å². The van der Waals surface area contributed by atoms with Crippen molar-refractivity contribution in [1.29, 1.82) is 0 Å². The van der Waals surface area contributed by atoms with Gasteiger partial charge in [0.2, 0.25) is 5.91 Å². The molecule has 0 radical (unpaired) electrons. The third-order valence-electron chi connectivity index (χ3n) is 3.44. The van der Waals surface area contributed by atoms with Gasteiger partial charge < -0.3 is 20.1 Å². The van der Waals surface area contributed by atoms with Crippen molar-refractivity contribution in [2.45, 2.75) is 31.9 Å². The van der Waals surface area contributed by atoms with E-state index in [1.165, 1.54) is 0 Å². The number of carbonyl (C=O) groups is 1. The van der Waals surface area contributed by atoms with Gasteiger partial charge >= 0.3 is 0 Å². The quantitative estimate of drug-likeness (QED) is 0.696. The van der Waals surface area contributed by atoms with Gasteiger partial charge in [-0.25, -0.2) is 0 Å². The number of anilines is 1. The van der Waals surface area contributed by atoms with Crippen molar-refractivity contribution in [2.24, 2.45) is 0 Å². The Labute approximate surface area is 111 Å². The average Bonchev–Trinajstić information content (AvgIpc) is 2.84. The van der Waals surface area contributed by atoms with Gasteiger partial charge in [-0.1, -0.05) is 5.16 Å². The Morgan fingerprint density at radius 3 is 3.05 bits per heavy atom. The van der Waals surface area contributed by atoms with Gasteiger partial charge in [-0.05, 0) is 20.3 Å². The molecule has 106 valence electrons. The van der Waals surface area contributed by atoms with Gasteiger partial charge in [-0.2, -0.15) is 0 Å². The van der Waals surface area contributed by atoms with Gasteiger partial charge in [0.05, 0.1) is 19.3 Å². The SMILES string of the molecule is Cc1cc(NC(=O)CN2CC(O)CC2(C)CO)no1. The lowest BCUT2D eigenvalue weighted by molar-refractivity contribution is -0.118. The Hall–Kier alpha value is -1.44. The standard InChI is InChI=1S/C12H19N3O4/c1-8-3-10(14-19-8)13-11(18)6-15-5-9(17)4-12(15,2)7-16/h3,9,16-17H,4-7H2,1-2H3,(H,13,14,18). The van der Waals surface area contributed by atoms with Crippen LogP contribution in [0.15, 0.2) is 10.6 Å². The summed E-state index contributed by atoms with van der Waals surface area (Å²) in [6.07, 6.45) is -0.0564. The molecule has 2 heterocycles. The lowest BCUT2D eigenvalue weighted by Crippen LogP contribution is -2.47. The van der Waals surface area contributed by atoms with Crippen molar-refractivity contribution < 1.29 is 19.5 Å². The molecule has 0 saturated carbocycles. The van der Waals surface area contributed by atoms with E-state index in [1.54, 1.807) is 17.9 Å². The summed E-state index contributed by atoms with van der Waals surface area (Å²) in [6, 6.07) is 1.63. The van der Waals surface area contributed by atoms with Crippen LogP contribution in [0.5, 0.6) is 0 Å². The molecule has 0 aliphatic carbocycles. The van der Waals surface area contributed by atoms with Crippen LogP contribution in [0.25, 0.3) is 0 Å². The third kappa shape index (κ3) is 3.12. The summed E-state index contributed by atoms with van der Waals surface area (Å²) < 4.78 is 4.86. The summed E-state index contributed by atoms with van der Waals surface area (Å²) in [7, 11) is 0. The Bertz CT molecular complexity index is 462. The molecule has 2 atom stereocenters. The lowest BCUT2D eigenvalue weighted by atomic mass is 9.99. The number of hydrogen-bond donors (Lipinski definition) is 3. The number of amides is 1. The van der Waals surface area contributed by atoms with E-state index in [0.29, 0.717) is 24.5 Å². The van der Waals surface area contributed by atoms with Crippen LogP contribution >= 0.6 is 0 Å². The van der Waals surface area contributed by atoms with E-state index in [0.717, 1.165) is 0 Å². The zero-order valence-corrected chi connectivity index (χ0v) is 11.1. The number of aliphatic hydroxyl groups excluding tert-OH is 2. The van der Waals surface area contributed by atoms with Crippen molar-refractivity contribution in [3.8, 4) is 0 Å². The highest BCUT2D eigenvalue weighted by molar-refractivity contribution is 5.91. The van der Waals surface area contributed by atoms with E-state index < -0.39 is 11.6 Å². The van der Waals surface area contributed by atoms with Gasteiger partial charge in [-0.15, -0.1) is 0 Å². The minimum Gasteiger partial charge on any atom is -0.394 e. The molecule has 0 aromatic carbocycles. The monoisotopic (exact) mass is 269 g/mol. The van der Waals surface area contributed by atoms with Crippen molar-refractivity contribution in [3.05, 3.63) is 11.8 Å². The van der Waals surface area contributed by atoms with Crippen LogP contribution in [0.4, 0.5) is 5.82 Å². The Kier molecular flexibility index (Phi) is 3.88. The number of likely N-dealkylation sites (tertiary alicyclic amines) is 1. The number of rotatable bonds is 4. The fraction of sp³-hybridized carbons (Fsp3) is 0.667. The molecule has 0 bridgehead atoms. The van der Waals surface area contributed by atoms with E-state index in [2.05, 4.69) is 10.5 Å². The molecule has 19 heavy (non-hydrogen) atoms. The maximum absolute atomic E-state index is 11.9. The maximum Gasteiger partial charge on any atom is 0.239 e. The molecule has 1 aliphatic heterocycles. The van der Waals surface area contributed by atoms with Gasteiger partial charge in [-0.3, -0.25) is 9.69 Å². The highest BCUT2D eigenvalue weighted by Crippen LogP contribution is 2.28. The first-order valence-electron chi connectivity index (χ1n) is 6.20. The van der Waals surface area contributed by atoms with Gasteiger partial charge in [0.15, 0.2) is 5.82 Å². The number of aryl methyl sites for hydroxylation is 1. The Morgan fingerprint density at radius 2 is 2.47 bits per heavy atom. The number of β-amino-alcohol motifs (C(OH)–C–C–N with tert-alkyl or cyclic N) is 1. The molecule has 7 nitrogen and oxygen atoms in total. The number of carbonyl (C=O) groups excluding carboxylic acids is 1. The molecule has 1 aromatic heterocycles. The van der Waals surface area contributed by atoms with Crippen molar-refractivity contribution in [1.82, 2.24) is 10.1 Å². The molecule has 3 N–H and O–H groups in total. The summed E-state index contributed by atoms with van der Waals surface area (Å²) >= 11 is 0. The topological polar surface area (TPSA) is 98.8 Å². The largest absolute Gasteiger partial charge is 0.394 e. The lowest BCUT2D eigenvalue weighted by Gasteiger charge is -2.32. The van der Waals surface area contributed by atoms with Crippen LogP contribution in [0.2, 0.25) is 0 Å². The minimum absolute atomic E-state index is 0.0968. The zero-order chi connectivity index (χ0) is 14.0. The van der Waals surface area contributed by atoms with Crippen LogP contribution in [0.1, 0.15) is 19.1 Å². The summed E-state index contributed by atoms with van der Waals surface area (Å²) in [6.45, 7) is 3.95. The van der Waals surface area contributed by atoms with Crippen molar-refractivity contribution in [3.63, 3.8) is 0 Å². The highest BCUT2D eigenvalue weighted by atomic mass is 16.5. The van der Waals surface area contributed by atoms with Crippen LogP contribution in [-0.4, -0.2) is 57.5 Å². The van der Waals surface area contributed by atoms with Crippen LogP contribution < -0.4 is 5.32 Å². The number of aromatic nitrogens is 1. The molecule has 1 saturated heterocycles. The van der Waals surface area contributed by atoms with E-state index >= 15 is 0 Å². The third-order valence-corrected chi connectivity index (χ3v) is 3.44. The summed E-state index contributed by atoms with van der Waals surface area (Å²) in [5, 5.41) is 25.4. The molecule has 0 spiro atoms. The molecular weight excluding hydrogens is 250 g/mol. The number of nitrogens with one attached hydrogen (secondary N) is 1. The molecule has 2 rings (SSSR count). The van der Waals surface area contributed by atoms with Crippen LogP contribution in [0, 0.1) is 6.92 Å². The second-order valence-corrected chi connectivity index (χ2v) is 5.26. The predicted molar refractivity (Wildman–Crippen MR) is 67.6 cm³/mol. The molecule has 7 heteroatoms. The molecule has 1 amide bonds. The summed E-state index contributed by atoms with van der Waals surface area (Å²) in [5.74, 6) is 0.738.